The van der Waals surface area contributed by atoms with Crippen LogP contribution in [0.3, 0.4) is 0 Å². The van der Waals surface area contributed by atoms with E-state index in [-0.39, 0.29) is 12.1 Å². The maximum atomic E-state index is 12.1. The first-order chi connectivity index (χ1) is 10.8. The first kappa shape index (κ1) is 16.6. The van der Waals surface area contributed by atoms with Gasteiger partial charge in [0.25, 0.3) is 0 Å². The summed E-state index contributed by atoms with van der Waals surface area (Å²) in [4.78, 5) is 13.9. The van der Waals surface area contributed by atoms with E-state index < -0.39 is 5.60 Å². The zero-order valence-corrected chi connectivity index (χ0v) is 14.9. The van der Waals surface area contributed by atoms with E-state index >= 15 is 0 Å². The molecular weight excluding hydrogens is 312 g/mol. The van der Waals surface area contributed by atoms with Gasteiger partial charge >= 0.3 is 6.09 Å². The van der Waals surface area contributed by atoms with Gasteiger partial charge < -0.3 is 15.0 Å². The molecule has 3 rings (SSSR count). The van der Waals surface area contributed by atoms with Crippen LogP contribution in [-0.2, 0) is 4.74 Å². The molecule has 4 nitrogen and oxygen atoms in total. The lowest BCUT2D eigenvalue weighted by Gasteiger charge is -2.26. The Labute approximate surface area is 143 Å². The molecule has 23 heavy (non-hydrogen) atoms. The van der Waals surface area contributed by atoms with E-state index in [9.17, 15) is 4.79 Å². The highest BCUT2D eigenvalue weighted by Crippen LogP contribution is 2.47. The normalized spacial score (nSPS) is 27.5. The fourth-order valence-electron chi connectivity index (χ4n) is 3.45. The third kappa shape index (κ3) is 3.64. The summed E-state index contributed by atoms with van der Waals surface area (Å²) >= 11 is 6.26. The van der Waals surface area contributed by atoms with Gasteiger partial charge in [0, 0.05) is 30.2 Å². The number of amides is 1. The molecule has 1 amide bonds. The van der Waals surface area contributed by atoms with Crippen LogP contribution in [0, 0.1) is 11.8 Å². The summed E-state index contributed by atoms with van der Waals surface area (Å²) in [6.45, 7) is 9.41. The zero-order chi connectivity index (χ0) is 16.8. The molecule has 1 saturated heterocycles. The largest absolute Gasteiger partial charge is 0.444 e. The Kier molecular flexibility index (Phi) is 4.32. The van der Waals surface area contributed by atoms with Gasteiger partial charge in [-0.15, -0.1) is 0 Å². The number of benzene rings is 1. The Morgan fingerprint density at radius 1 is 1.30 bits per heavy atom. The molecule has 2 aliphatic rings. The molecule has 126 valence electrons. The summed E-state index contributed by atoms with van der Waals surface area (Å²) in [6, 6.07) is 8.63. The van der Waals surface area contributed by atoms with Gasteiger partial charge in [-0.05, 0) is 51.2 Å². The third-order valence-electron chi connectivity index (χ3n) is 4.66. The van der Waals surface area contributed by atoms with Gasteiger partial charge in [0.2, 0.25) is 0 Å². The number of likely N-dealkylation sites (tertiary alicyclic amines) is 1. The van der Waals surface area contributed by atoms with E-state index in [0.717, 1.165) is 23.7 Å². The Hall–Kier alpha value is -1.26. The summed E-state index contributed by atoms with van der Waals surface area (Å²) in [5, 5.41) is 4.46. The molecule has 1 aromatic rings. The van der Waals surface area contributed by atoms with Gasteiger partial charge in [-0.3, -0.25) is 0 Å². The molecule has 3 atom stereocenters. The fourth-order valence-corrected chi connectivity index (χ4v) is 3.75. The minimum Gasteiger partial charge on any atom is -0.444 e. The molecule has 2 fully saturated rings. The molecule has 1 N–H and O–H groups in total. The molecule has 1 aliphatic carbocycles. The molecule has 3 unspecified atom stereocenters. The zero-order valence-electron chi connectivity index (χ0n) is 14.2. The van der Waals surface area contributed by atoms with Gasteiger partial charge in [-0.25, -0.2) is 4.79 Å². The number of carbonyl (C=O) groups is 1. The second-order valence-corrected chi connectivity index (χ2v) is 8.06. The van der Waals surface area contributed by atoms with E-state index in [1.165, 1.54) is 0 Å². The highest BCUT2D eigenvalue weighted by Gasteiger charge is 2.57. The number of carbonyl (C=O) groups excluding carboxylic acids is 1. The monoisotopic (exact) mass is 336 g/mol. The molecule has 0 spiro atoms. The number of rotatable bonds is 3. The van der Waals surface area contributed by atoms with Crippen molar-refractivity contribution < 1.29 is 9.53 Å². The summed E-state index contributed by atoms with van der Waals surface area (Å²) < 4.78 is 5.44. The van der Waals surface area contributed by atoms with Gasteiger partial charge in [-0.1, -0.05) is 29.8 Å². The van der Waals surface area contributed by atoms with Crippen molar-refractivity contribution in [1.82, 2.24) is 10.2 Å². The highest BCUT2D eigenvalue weighted by molar-refractivity contribution is 6.31. The predicted molar refractivity (Wildman–Crippen MR) is 91.6 cm³/mol. The first-order valence-corrected chi connectivity index (χ1v) is 8.62. The van der Waals surface area contributed by atoms with Gasteiger partial charge in [0.15, 0.2) is 0 Å². The van der Waals surface area contributed by atoms with Crippen LogP contribution in [0.2, 0.25) is 5.02 Å². The average molecular weight is 337 g/mol. The Bertz CT molecular complexity index is 587. The van der Waals surface area contributed by atoms with E-state index in [2.05, 4.69) is 18.3 Å². The number of ether oxygens (including phenoxy) is 1. The van der Waals surface area contributed by atoms with Crippen LogP contribution >= 0.6 is 11.6 Å². The van der Waals surface area contributed by atoms with E-state index in [4.69, 9.17) is 16.3 Å². The summed E-state index contributed by atoms with van der Waals surface area (Å²) in [5.74, 6) is 1.07. The summed E-state index contributed by atoms with van der Waals surface area (Å²) in [7, 11) is 0. The molecule has 1 aliphatic heterocycles. The lowest BCUT2D eigenvalue weighted by atomic mass is 10.1. The second-order valence-electron chi connectivity index (χ2n) is 7.65. The van der Waals surface area contributed by atoms with Crippen molar-refractivity contribution in [2.75, 3.05) is 13.1 Å². The van der Waals surface area contributed by atoms with Crippen LogP contribution in [0.4, 0.5) is 4.79 Å². The van der Waals surface area contributed by atoms with Crippen LogP contribution < -0.4 is 5.32 Å². The molecule has 0 radical (unpaired) electrons. The maximum Gasteiger partial charge on any atom is 0.410 e. The van der Waals surface area contributed by atoms with Crippen molar-refractivity contribution in [2.24, 2.45) is 11.8 Å². The lowest BCUT2D eigenvalue weighted by Crippen LogP contribution is -2.39. The van der Waals surface area contributed by atoms with Crippen LogP contribution in [-0.4, -0.2) is 35.7 Å². The topological polar surface area (TPSA) is 41.6 Å². The number of nitrogens with zero attached hydrogens (tertiary/aromatic N) is 1. The number of fused-ring (bicyclic) bond motifs is 1. The standard InChI is InChI=1S/C18H25ClN2O2/c1-11(12-7-5-6-8-15(12)19)20-16-13-9-21(10-14(13)16)17(22)23-18(2,3)4/h5-8,11,13-14,16,20H,9-10H2,1-4H3. The molecule has 1 heterocycles. The summed E-state index contributed by atoms with van der Waals surface area (Å²) in [5.41, 5.74) is 0.697. The molecular formula is C18H25ClN2O2. The van der Waals surface area contributed by atoms with Crippen LogP contribution in [0.5, 0.6) is 0 Å². The van der Waals surface area contributed by atoms with Crippen molar-refractivity contribution >= 4 is 17.7 Å². The van der Waals surface area contributed by atoms with Crippen LogP contribution in [0.1, 0.15) is 39.3 Å². The Morgan fingerprint density at radius 3 is 2.48 bits per heavy atom. The van der Waals surface area contributed by atoms with Crippen molar-refractivity contribution in [1.29, 1.82) is 0 Å². The van der Waals surface area contributed by atoms with E-state index in [0.29, 0.717) is 17.9 Å². The lowest BCUT2D eigenvalue weighted by molar-refractivity contribution is 0.0269. The number of piperidine rings is 1. The SMILES string of the molecule is CC(NC1C2CN(C(=O)OC(C)(C)C)CC21)c1ccccc1Cl. The predicted octanol–water partition coefficient (Wildman–Crippen LogP) is 3.86. The molecule has 5 heteroatoms. The number of nitrogens with one attached hydrogen (secondary N) is 1. The average Bonchev–Trinajstić information content (AvgIpc) is 2.90. The van der Waals surface area contributed by atoms with Gasteiger partial charge in [0.05, 0.1) is 0 Å². The van der Waals surface area contributed by atoms with Gasteiger partial charge in [-0.2, -0.15) is 0 Å². The fraction of sp³-hybridized carbons (Fsp3) is 0.611. The van der Waals surface area contributed by atoms with Gasteiger partial charge in [0.1, 0.15) is 5.60 Å². The maximum absolute atomic E-state index is 12.1. The first-order valence-electron chi connectivity index (χ1n) is 8.24. The van der Waals surface area contributed by atoms with E-state index in [1.54, 1.807) is 0 Å². The third-order valence-corrected chi connectivity index (χ3v) is 5.00. The smallest absolute Gasteiger partial charge is 0.410 e. The minimum atomic E-state index is -0.430. The van der Waals surface area contributed by atoms with E-state index in [1.807, 2.05) is 43.9 Å². The minimum absolute atomic E-state index is 0.192. The van der Waals surface area contributed by atoms with Crippen LogP contribution in [0.15, 0.2) is 24.3 Å². The summed E-state index contributed by atoms with van der Waals surface area (Å²) in [6.07, 6.45) is -0.192. The number of halogens is 1. The Morgan fingerprint density at radius 2 is 1.91 bits per heavy atom. The van der Waals surface area contributed by atoms with Crippen LogP contribution in [0.25, 0.3) is 0 Å². The number of hydrogen-bond donors (Lipinski definition) is 1. The van der Waals surface area contributed by atoms with Crippen molar-refractivity contribution in [2.45, 2.75) is 45.4 Å². The molecule has 0 bridgehead atoms. The van der Waals surface area contributed by atoms with Crippen molar-refractivity contribution in [3.63, 3.8) is 0 Å². The second kappa shape index (κ2) is 5.99. The van der Waals surface area contributed by atoms with Crippen molar-refractivity contribution in [3.8, 4) is 0 Å². The Balaban J connectivity index is 1.51. The molecule has 0 aromatic heterocycles. The molecule has 1 aromatic carbocycles. The van der Waals surface area contributed by atoms with Crippen molar-refractivity contribution in [3.05, 3.63) is 34.9 Å². The quantitative estimate of drug-likeness (QED) is 0.911. The number of hydrogen-bond acceptors (Lipinski definition) is 3. The molecule has 1 saturated carbocycles. The highest BCUT2D eigenvalue weighted by atomic mass is 35.5.